The normalized spacial score (nSPS) is 10.5. The Kier molecular flexibility index (Phi) is 3.32. The summed E-state index contributed by atoms with van der Waals surface area (Å²) in [6.45, 7) is 5.98. The molecular formula is C13H13NO4. The fourth-order valence-corrected chi connectivity index (χ4v) is 1.71. The van der Waals surface area contributed by atoms with Crippen LogP contribution in [0.1, 0.15) is 17.3 Å². The van der Waals surface area contributed by atoms with Gasteiger partial charge in [0.05, 0.1) is 17.7 Å². The number of benzene rings is 1. The van der Waals surface area contributed by atoms with Gasteiger partial charge in [-0.05, 0) is 25.1 Å². The number of ether oxygens (including phenoxy) is 1. The molecule has 94 valence electrons. The first kappa shape index (κ1) is 12.2. The fourth-order valence-electron chi connectivity index (χ4n) is 1.71. The van der Waals surface area contributed by atoms with E-state index < -0.39 is 11.7 Å². The van der Waals surface area contributed by atoms with Gasteiger partial charge >= 0.3 is 11.7 Å². The van der Waals surface area contributed by atoms with E-state index in [4.69, 9.17) is 9.15 Å². The molecule has 0 saturated carbocycles. The lowest BCUT2D eigenvalue weighted by Crippen LogP contribution is -2.12. The van der Waals surface area contributed by atoms with Crippen LogP contribution >= 0.6 is 0 Å². The molecule has 0 atom stereocenters. The van der Waals surface area contributed by atoms with Gasteiger partial charge in [0, 0.05) is 6.54 Å². The van der Waals surface area contributed by atoms with E-state index in [9.17, 15) is 9.59 Å². The summed E-state index contributed by atoms with van der Waals surface area (Å²) < 4.78 is 11.4. The Bertz CT molecular complexity index is 651. The summed E-state index contributed by atoms with van der Waals surface area (Å²) in [5.74, 6) is -0.899. The highest BCUT2D eigenvalue weighted by Gasteiger charge is 2.12. The molecule has 18 heavy (non-hydrogen) atoms. The van der Waals surface area contributed by atoms with Crippen molar-refractivity contribution in [1.29, 1.82) is 0 Å². The number of oxazole rings is 1. The van der Waals surface area contributed by atoms with E-state index in [1.165, 1.54) is 10.6 Å². The van der Waals surface area contributed by atoms with E-state index in [1.54, 1.807) is 25.1 Å². The average molecular weight is 247 g/mol. The van der Waals surface area contributed by atoms with Gasteiger partial charge in [-0.1, -0.05) is 6.08 Å². The zero-order chi connectivity index (χ0) is 13.1. The second kappa shape index (κ2) is 4.91. The number of rotatable bonds is 4. The second-order valence-electron chi connectivity index (χ2n) is 3.67. The molecule has 0 bridgehead atoms. The molecule has 5 nitrogen and oxygen atoms in total. The predicted octanol–water partition coefficient (Wildman–Crippen LogP) is 1.96. The first-order valence-corrected chi connectivity index (χ1v) is 5.58. The van der Waals surface area contributed by atoms with Crippen LogP contribution in [-0.4, -0.2) is 17.1 Å². The van der Waals surface area contributed by atoms with Crippen molar-refractivity contribution in [1.82, 2.24) is 4.57 Å². The van der Waals surface area contributed by atoms with Crippen molar-refractivity contribution in [3.05, 3.63) is 47.0 Å². The van der Waals surface area contributed by atoms with E-state index >= 15 is 0 Å². The number of carbonyl (C=O) groups is 1. The molecule has 0 N–H and O–H groups in total. The maximum absolute atomic E-state index is 11.6. The Labute approximate surface area is 103 Å². The summed E-state index contributed by atoms with van der Waals surface area (Å²) in [4.78, 5) is 23.1. The van der Waals surface area contributed by atoms with Crippen molar-refractivity contribution in [2.24, 2.45) is 0 Å². The van der Waals surface area contributed by atoms with Gasteiger partial charge in [0.2, 0.25) is 0 Å². The van der Waals surface area contributed by atoms with Gasteiger partial charge in [0.15, 0.2) is 5.58 Å². The maximum atomic E-state index is 11.6. The Morgan fingerprint density at radius 2 is 2.33 bits per heavy atom. The van der Waals surface area contributed by atoms with Crippen LogP contribution in [0.25, 0.3) is 11.1 Å². The summed E-state index contributed by atoms with van der Waals surface area (Å²) in [5.41, 5.74) is 1.37. The summed E-state index contributed by atoms with van der Waals surface area (Å²) in [7, 11) is 0. The predicted molar refractivity (Wildman–Crippen MR) is 66.6 cm³/mol. The van der Waals surface area contributed by atoms with Crippen LogP contribution in [0.2, 0.25) is 0 Å². The van der Waals surface area contributed by atoms with Crippen LogP contribution < -0.4 is 5.76 Å². The SMILES string of the molecule is C=CCn1c(=O)oc2cc(C(=O)OCC)ccc21. The first-order valence-electron chi connectivity index (χ1n) is 5.58. The van der Waals surface area contributed by atoms with Crippen molar-refractivity contribution in [2.75, 3.05) is 6.61 Å². The third-order valence-electron chi connectivity index (χ3n) is 2.49. The number of allylic oxidation sites excluding steroid dienone is 1. The monoisotopic (exact) mass is 247 g/mol. The molecule has 0 aliphatic rings. The summed E-state index contributed by atoms with van der Waals surface area (Å²) in [6.07, 6.45) is 1.61. The quantitative estimate of drug-likeness (QED) is 0.612. The minimum atomic E-state index is -0.467. The van der Waals surface area contributed by atoms with E-state index in [0.29, 0.717) is 29.8 Å². The first-order chi connectivity index (χ1) is 8.67. The van der Waals surface area contributed by atoms with E-state index in [2.05, 4.69) is 6.58 Å². The zero-order valence-corrected chi connectivity index (χ0v) is 10.0. The number of carbonyl (C=O) groups excluding carboxylic acids is 1. The molecule has 2 aromatic rings. The van der Waals surface area contributed by atoms with Crippen molar-refractivity contribution < 1.29 is 13.9 Å². The van der Waals surface area contributed by atoms with Crippen molar-refractivity contribution in [2.45, 2.75) is 13.5 Å². The van der Waals surface area contributed by atoms with E-state index in [-0.39, 0.29) is 0 Å². The van der Waals surface area contributed by atoms with Gasteiger partial charge in [-0.2, -0.15) is 0 Å². The van der Waals surface area contributed by atoms with Crippen LogP contribution in [-0.2, 0) is 11.3 Å². The van der Waals surface area contributed by atoms with E-state index in [1.807, 2.05) is 0 Å². The zero-order valence-electron chi connectivity index (χ0n) is 10.0. The molecule has 2 rings (SSSR count). The van der Waals surface area contributed by atoms with Crippen molar-refractivity contribution in [3.8, 4) is 0 Å². The second-order valence-corrected chi connectivity index (χ2v) is 3.67. The number of fused-ring (bicyclic) bond motifs is 1. The minimum Gasteiger partial charge on any atom is -0.462 e. The molecule has 0 fully saturated rings. The Morgan fingerprint density at radius 3 is 3.00 bits per heavy atom. The summed E-state index contributed by atoms with van der Waals surface area (Å²) in [6, 6.07) is 4.78. The van der Waals surface area contributed by atoms with Gasteiger partial charge in [0.25, 0.3) is 0 Å². The molecule has 0 spiro atoms. The van der Waals surface area contributed by atoms with E-state index in [0.717, 1.165) is 0 Å². The van der Waals surface area contributed by atoms with Gasteiger partial charge in [-0.3, -0.25) is 4.57 Å². The fraction of sp³-hybridized carbons (Fsp3) is 0.231. The van der Waals surface area contributed by atoms with Crippen LogP contribution in [0.15, 0.2) is 40.1 Å². The molecular weight excluding hydrogens is 234 g/mol. The van der Waals surface area contributed by atoms with Crippen LogP contribution in [0.3, 0.4) is 0 Å². The third kappa shape index (κ3) is 2.07. The van der Waals surface area contributed by atoms with Crippen LogP contribution in [0.5, 0.6) is 0 Å². The smallest absolute Gasteiger partial charge is 0.420 e. The Balaban J connectivity index is 2.50. The van der Waals surface area contributed by atoms with Crippen LogP contribution in [0.4, 0.5) is 0 Å². The molecule has 0 radical (unpaired) electrons. The Hall–Kier alpha value is -2.30. The highest BCUT2D eigenvalue weighted by atomic mass is 16.5. The number of aromatic nitrogens is 1. The molecule has 5 heteroatoms. The molecule has 0 aliphatic heterocycles. The number of hydrogen-bond donors (Lipinski definition) is 0. The summed E-state index contributed by atoms with van der Waals surface area (Å²) in [5, 5.41) is 0. The lowest BCUT2D eigenvalue weighted by atomic mass is 10.2. The lowest BCUT2D eigenvalue weighted by Gasteiger charge is -2.01. The van der Waals surface area contributed by atoms with Crippen molar-refractivity contribution in [3.63, 3.8) is 0 Å². The largest absolute Gasteiger partial charge is 0.462 e. The molecule has 0 aliphatic carbocycles. The van der Waals surface area contributed by atoms with Gasteiger partial charge in [-0.15, -0.1) is 6.58 Å². The Morgan fingerprint density at radius 1 is 1.56 bits per heavy atom. The number of esters is 1. The molecule has 1 aromatic heterocycles. The summed E-state index contributed by atoms with van der Waals surface area (Å²) >= 11 is 0. The third-order valence-corrected chi connectivity index (χ3v) is 2.49. The molecule has 0 saturated heterocycles. The number of hydrogen-bond acceptors (Lipinski definition) is 4. The molecule has 1 aromatic carbocycles. The molecule has 0 unspecified atom stereocenters. The highest BCUT2D eigenvalue weighted by molar-refractivity contribution is 5.93. The number of nitrogens with zero attached hydrogens (tertiary/aromatic N) is 1. The molecule has 0 amide bonds. The standard InChI is InChI=1S/C13H13NO4/c1-3-7-14-10-6-5-9(12(15)17-4-2)8-11(10)18-13(14)16/h3,5-6,8H,1,4,7H2,2H3. The van der Waals surface area contributed by atoms with Crippen LogP contribution in [0, 0.1) is 0 Å². The lowest BCUT2D eigenvalue weighted by molar-refractivity contribution is 0.0526. The maximum Gasteiger partial charge on any atom is 0.420 e. The topological polar surface area (TPSA) is 61.4 Å². The van der Waals surface area contributed by atoms with Crippen molar-refractivity contribution >= 4 is 17.1 Å². The highest BCUT2D eigenvalue weighted by Crippen LogP contribution is 2.16. The minimum absolute atomic E-state index is 0.304. The molecule has 1 heterocycles. The van der Waals surface area contributed by atoms with Gasteiger partial charge in [-0.25, -0.2) is 9.59 Å². The average Bonchev–Trinajstić information content (AvgIpc) is 2.66. The van der Waals surface area contributed by atoms with Gasteiger partial charge < -0.3 is 9.15 Å². The van der Waals surface area contributed by atoms with Gasteiger partial charge in [0.1, 0.15) is 0 Å².